The summed E-state index contributed by atoms with van der Waals surface area (Å²) in [5.74, 6) is -1.47. The number of halogens is 2. The summed E-state index contributed by atoms with van der Waals surface area (Å²) >= 11 is 0. The third-order valence-electron chi connectivity index (χ3n) is 5.65. The number of unbranched alkanes of at least 4 members (excludes halogenated alkanes) is 1. The van der Waals surface area contributed by atoms with Crippen LogP contribution in [0.25, 0.3) is 0 Å². The van der Waals surface area contributed by atoms with E-state index >= 15 is 0 Å². The minimum Gasteiger partial charge on any atom is -0.487 e. The van der Waals surface area contributed by atoms with E-state index < -0.39 is 5.92 Å². The van der Waals surface area contributed by atoms with Crippen molar-refractivity contribution in [2.45, 2.75) is 77.2 Å². The lowest BCUT2D eigenvalue weighted by atomic mass is 9.68. The fourth-order valence-electron chi connectivity index (χ4n) is 4.18. The minimum absolute atomic E-state index is 0.0838. The van der Waals surface area contributed by atoms with Crippen molar-refractivity contribution in [3.63, 3.8) is 0 Å². The van der Waals surface area contributed by atoms with Gasteiger partial charge in [0, 0.05) is 29.4 Å². The normalized spacial score (nSPS) is 25.3. The quantitative estimate of drug-likeness (QED) is 0.565. The number of ether oxygens (including phenoxy) is 1. The van der Waals surface area contributed by atoms with Crippen LogP contribution >= 0.6 is 0 Å². The van der Waals surface area contributed by atoms with E-state index in [1.807, 2.05) is 13.0 Å². The van der Waals surface area contributed by atoms with Gasteiger partial charge in [0.05, 0.1) is 0 Å². The molecule has 0 radical (unpaired) electrons. The molecule has 132 valence electrons. The molecule has 1 aromatic rings. The molecule has 1 aliphatic heterocycles. The van der Waals surface area contributed by atoms with Crippen molar-refractivity contribution < 1.29 is 13.5 Å². The Labute approximate surface area is 144 Å². The summed E-state index contributed by atoms with van der Waals surface area (Å²) in [6, 6.07) is 5.05. The third-order valence-corrected chi connectivity index (χ3v) is 5.65. The predicted molar refractivity (Wildman–Crippen MR) is 93.8 cm³/mol. The molecule has 0 spiro atoms. The van der Waals surface area contributed by atoms with E-state index in [0.717, 1.165) is 24.8 Å². The van der Waals surface area contributed by atoms with Crippen molar-refractivity contribution in [1.29, 1.82) is 0 Å². The molecule has 0 aromatic heterocycles. The Morgan fingerprint density at radius 2 is 2.04 bits per heavy atom. The summed E-state index contributed by atoms with van der Waals surface area (Å²) < 4.78 is 35.1. The zero-order chi connectivity index (χ0) is 17.5. The summed E-state index contributed by atoms with van der Waals surface area (Å²) in [4.78, 5) is 0. The first-order chi connectivity index (χ1) is 11.2. The molecule has 1 aromatic carbocycles. The smallest absolute Gasteiger partial charge is 0.273 e. The summed E-state index contributed by atoms with van der Waals surface area (Å²) in [5.41, 5.74) is 2.21. The molecule has 0 saturated carbocycles. The Balaban J connectivity index is 2.00. The minimum atomic E-state index is -2.78. The first-order valence-corrected chi connectivity index (χ1v) is 9.13. The lowest BCUT2D eigenvalue weighted by Crippen LogP contribution is -2.45. The van der Waals surface area contributed by atoms with Gasteiger partial charge in [-0.2, -0.15) is 0 Å². The second-order valence-electron chi connectivity index (χ2n) is 7.95. The Morgan fingerprint density at radius 1 is 1.29 bits per heavy atom. The number of fused-ring (bicyclic) bond motifs is 3. The molecular weight excluding hydrogens is 306 g/mol. The molecule has 1 aliphatic carbocycles. The average Bonchev–Trinajstić information content (AvgIpc) is 2.51. The largest absolute Gasteiger partial charge is 0.487 e. The van der Waals surface area contributed by atoms with E-state index in [1.54, 1.807) is 12.1 Å². The highest BCUT2D eigenvalue weighted by molar-refractivity contribution is 5.47. The number of benzene rings is 1. The first kappa shape index (κ1) is 17.4. The number of hydrogen-bond acceptors (Lipinski definition) is 1. The van der Waals surface area contributed by atoms with Gasteiger partial charge in [-0.3, -0.25) is 0 Å². The lowest BCUT2D eigenvalue weighted by molar-refractivity contribution is -0.0177. The first-order valence-electron chi connectivity index (χ1n) is 9.13. The number of alkyl halides is 2. The van der Waals surface area contributed by atoms with Gasteiger partial charge in [0.2, 0.25) is 0 Å². The van der Waals surface area contributed by atoms with Crippen molar-refractivity contribution in [2.75, 3.05) is 0 Å². The molecule has 0 saturated heterocycles. The van der Waals surface area contributed by atoms with E-state index in [2.05, 4.69) is 26.8 Å². The fourth-order valence-corrected chi connectivity index (χ4v) is 4.18. The SMILES string of the molecule is CCCCC(F)(F)c1ccc2c(c1)OC(C)(C)[C@@H]1CCC(C)=C[C@@H]21. The zero-order valence-electron chi connectivity index (χ0n) is 15.2. The Morgan fingerprint density at radius 3 is 2.75 bits per heavy atom. The lowest BCUT2D eigenvalue weighted by Gasteiger charge is -2.46. The number of rotatable bonds is 4. The van der Waals surface area contributed by atoms with Crippen LogP contribution in [0.3, 0.4) is 0 Å². The van der Waals surface area contributed by atoms with Crippen LogP contribution in [0.4, 0.5) is 8.78 Å². The Kier molecular flexibility index (Phi) is 4.48. The molecule has 0 N–H and O–H groups in total. The second-order valence-corrected chi connectivity index (χ2v) is 7.95. The van der Waals surface area contributed by atoms with Crippen molar-refractivity contribution in [1.82, 2.24) is 0 Å². The maximum absolute atomic E-state index is 14.4. The molecule has 3 rings (SSSR count). The van der Waals surface area contributed by atoms with Crippen LogP contribution in [0.1, 0.15) is 76.8 Å². The molecule has 1 heterocycles. The molecule has 0 fully saturated rings. The highest BCUT2D eigenvalue weighted by atomic mass is 19.3. The maximum atomic E-state index is 14.4. The van der Waals surface area contributed by atoms with Crippen molar-refractivity contribution in [2.24, 2.45) is 5.92 Å². The van der Waals surface area contributed by atoms with Gasteiger partial charge in [-0.25, -0.2) is 8.78 Å². The monoisotopic (exact) mass is 334 g/mol. The van der Waals surface area contributed by atoms with E-state index in [1.165, 1.54) is 5.57 Å². The highest BCUT2D eigenvalue weighted by Crippen LogP contribution is 2.51. The van der Waals surface area contributed by atoms with E-state index in [0.29, 0.717) is 18.1 Å². The van der Waals surface area contributed by atoms with Gasteiger partial charge >= 0.3 is 0 Å². The Bertz CT molecular complexity index is 645. The second kappa shape index (κ2) is 6.16. The number of allylic oxidation sites excluding steroid dienone is 2. The van der Waals surface area contributed by atoms with Crippen molar-refractivity contribution in [3.05, 3.63) is 41.0 Å². The van der Waals surface area contributed by atoms with Crippen LogP contribution in [0, 0.1) is 5.92 Å². The van der Waals surface area contributed by atoms with Crippen molar-refractivity contribution in [3.8, 4) is 5.75 Å². The van der Waals surface area contributed by atoms with Crippen LogP contribution in [-0.4, -0.2) is 5.60 Å². The van der Waals surface area contributed by atoms with Gasteiger partial charge < -0.3 is 4.74 Å². The van der Waals surface area contributed by atoms with E-state index in [4.69, 9.17) is 4.74 Å². The summed E-state index contributed by atoms with van der Waals surface area (Å²) in [6.45, 7) is 8.27. The molecule has 24 heavy (non-hydrogen) atoms. The van der Waals surface area contributed by atoms with Gasteiger partial charge in [0.25, 0.3) is 5.92 Å². The molecule has 0 amide bonds. The van der Waals surface area contributed by atoms with Gasteiger partial charge in [-0.15, -0.1) is 0 Å². The van der Waals surface area contributed by atoms with Crippen LogP contribution in [0.2, 0.25) is 0 Å². The molecular formula is C21H28F2O. The average molecular weight is 334 g/mol. The molecule has 1 nitrogen and oxygen atoms in total. The Hall–Kier alpha value is -1.38. The molecule has 2 aliphatic rings. The van der Waals surface area contributed by atoms with Crippen molar-refractivity contribution >= 4 is 0 Å². The van der Waals surface area contributed by atoms with Crippen LogP contribution in [0.5, 0.6) is 5.75 Å². The maximum Gasteiger partial charge on any atom is 0.273 e. The molecule has 2 atom stereocenters. The zero-order valence-corrected chi connectivity index (χ0v) is 15.2. The molecule has 0 bridgehead atoms. The van der Waals surface area contributed by atoms with Gasteiger partial charge in [-0.1, -0.05) is 37.1 Å². The highest BCUT2D eigenvalue weighted by Gasteiger charge is 2.44. The van der Waals surface area contributed by atoms with Gasteiger partial charge in [-0.05, 0) is 46.1 Å². The van der Waals surface area contributed by atoms with Gasteiger partial charge in [0.15, 0.2) is 0 Å². The molecule has 3 heteroatoms. The van der Waals surface area contributed by atoms with Crippen LogP contribution in [-0.2, 0) is 5.92 Å². The summed E-state index contributed by atoms with van der Waals surface area (Å²) in [5, 5.41) is 0. The van der Waals surface area contributed by atoms with Crippen LogP contribution < -0.4 is 4.74 Å². The topological polar surface area (TPSA) is 9.23 Å². The molecule has 0 unspecified atom stereocenters. The standard InChI is InChI=1S/C21H28F2O/c1-5-6-11-21(22,23)15-8-9-16-17-12-14(2)7-10-18(17)20(3,4)24-19(16)13-15/h8-9,12-13,17-18H,5-7,10-11H2,1-4H3/t17-,18+/m0/s1. The summed E-state index contributed by atoms with van der Waals surface area (Å²) in [7, 11) is 0. The van der Waals surface area contributed by atoms with E-state index in [-0.39, 0.29) is 23.5 Å². The summed E-state index contributed by atoms with van der Waals surface area (Å²) in [6.07, 6.45) is 5.70. The van der Waals surface area contributed by atoms with E-state index in [9.17, 15) is 8.78 Å². The third kappa shape index (κ3) is 3.10. The number of hydrogen-bond donors (Lipinski definition) is 0. The van der Waals surface area contributed by atoms with Crippen LogP contribution in [0.15, 0.2) is 29.8 Å². The predicted octanol–water partition coefficient (Wildman–Crippen LogP) is 6.58. The fraction of sp³-hybridized carbons (Fsp3) is 0.619. The van der Waals surface area contributed by atoms with Gasteiger partial charge in [0.1, 0.15) is 11.4 Å².